The standard InChI is InChI=1S/C36H52N4O4.C6H14O.CH2O/c1-6-13-26(14-7-2)19-20-33(42)37-23-34(43)38-30(21-27-15-9-8-10-16-27)32(41)25-40-24-29-18-12-11-17-28(29)22-31(40)35(44)39-36(3,4)5;1-6(2,3)4-5-7;1-2/h6-10,13-16,19-20,28-32,41H,1,11-12,17-18,21-25H2,2-5H3,(H,37,42)(H,38,43)(H,39,44);7H,4-5H2,1-3H3;1H2/b14-7-,20-19+,26-13+;;. The molecule has 5 atom stereocenters. The Kier molecular flexibility index (Phi) is 21.8. The maximum absolute atomic E-state index is 13.5. The van der Waals surface area contributed by atoms with Gasteiger partial charge in [-0.15, -0.1) is 0 Å². The highest BCUT2D eigenvalue weighted by atomic mass is 16.3. The van der Waals surface area contributed by atoms with E-state index >= 15 is 0 Å². The minimum atomic E-state index is -0.924. The highest BCUT2D eigenvalue weighted by molar-refractivity contribution is 5.91. The van der Waals surface area contributed by atoms with Gasteiger partial charge in [0, 0.05) is 31.3 Å². The molecule has 1 saturated heterocycles. The Morgan fingerprint density at radius 1 is 0.981 bits per heavy atom. The summed E-state index contributed by atoms with van der Waals surface area (Å²) in [7, 11) is 0. The molecule has 0 aromatic heterocycles. The number of benzene rings is 1. The molecule has 2 aliphatic rings. The van der Waals surface area contributed by atoms with Crippen LogP contribution in [-0.2, 0) is 25.6 Å². The average molecular weight is 737 g/mol. The zero-order valence-electron chi connectivity index (χ0n) is 33.4. The number of β-amino-alcohol motifs (C(OH)–C–C–N with tert-alkyl or cyclic N) is 1. The van der Waals surface area contributed by atoms with Crippen LogP contribution in [0, 0.1) is 17.3 Å². The molecule has 1 heterocycles. The molecule has 5 unspecified atom stereocenters. The van der Waals surface area contributed by atoms with E-state index in [9.17, 15) is 19.5 Å². The number of amides is 3. The van der Waals surface area contributed by atoms with Crippen LogP contribution in [-0.4, -0.2) is 89.6 Å². The molecule has 0 bridgehead atoms. The van der Waals surface area contributed by atoms with E-state index in [2.05, 4.69) is 48.2 Å². The second-order valence-electron chi connectivity index (χ2n) is 16.2. The lowest BCUT2D eigenvalue weighted by Crippen LogP contribution is -2.60. The fourth-order valence-corrected chi connectivity index (χ4v) is 6.63. The molecule has 0 radical (unpaired) electrons. The third-order valence-corrected chi connectivity index (χ3v) is 9.22. The second kappa shape index (κ2) is 24.5. The number of fused-ring (bicyclic) bond motifs is 1. The molecule has 1 aliphatic heterocycles. The van der Waals surface area contributed by atoms with Crippen LogP contribution < -0.4 is 16.0 Å². The molecular formula is C43H68N4O6. The Morgan fingerprint density at radius 2 is 1.62 bits per heavy atom. The number of rotatable bonds is 14. The molecule has 0 spiro atoms. The van der Waals surface area contributed by atoms with Gasteiger partial charge in [-0.05, 0) is 87.8 Å². The van der Waals surface area contributed by atoms with E-state index in [1.165, 1.54) is 18.9 Å². The van der Waals surface area contributed by atoms with Gasteiger partial charge < -0.3 is 31.0 Å². The lowest BCUT2D eigenvalue weighted by Gasteiger charge is -2.47. The maximum atomic E-state index is 13.5. The van der Waals surface area contributed by atoms with Crippen LogP contribution in [0.15, 0.2) is 78.9 Å². The van der Waals surface area contributed by atoms with Crippen molar-refractivity contribution in [3.63, 3.8) is 0 Å². The summed E-state index contributed by atoms with van der Waals surface area (Å²) in [5.74, 6) is 0.230. The third-order valence-electron chi connectivity index (χ3n) is 9.22. The average Bonchev–Trinajstić information content (AvgIpc) is 3.09. The smallest absolute Gasteiger partial charge is 0.244 e. The molecule has 2 fully saturated rings. The number of aliphatic hydroxyl groups is 2. The molecule has 10 heteroatoms. The number of nitrogens with one attached hydrogen (secondary N) is 3. The summed E-state index contributed by atoms with van der Waals surface area (Å²) in [6, 6.07) is 8.77. The highest BCUT2D eigenvalue weighted by Crippen LogP contribution is 2.39. The molecule has 296 valence electrons. The number of hydrogen-bond acceptors (Lipinski definition) is 7. The Bertz CT molecular complexity index is 1340. The van der Waals surface area contributed by atoms with E-state index in [1.54, 1.807) is 18.2 Å². The molecule has 53 heavy (non-hydrogen) atoms. The molecule has 5 N–H and O–H groups in total. The molecule has 1 aromatic rings. The Morgan fingerprint density at radius 3 is 2.17 bits per heavy atom. The first kappa shape index (κ1) is 47.2. The normalized spacial score (nSPS) is 20.5. The largest absolute Gasteiger partial charge is 0.396 e. The van der Waals surface area contributed by atoms with Gasteiger partial charge >= 0.3 is 0 Å². The summed E-state index contributed by atoms with van der Waals surface area (Å²) in [6.45, 7) is 21.0. The monoisotopic (exact) mass is 737 g/mol. The number of aliphatic hydroxyl groups excluding tert-OH is 2. The molecule has 3 amide bonds. The maximum Gasteiger partial charge on any atom is 0.244 e. The van der Waals surface area contributed by atoms with Crippen molar-refractivity contribution in [1.82, 2.24) is 20.9 Å². The number of hydrogen-bond donors (Lipinski definition) is 5. The minimum Gasteiger partial charge on any atom is -0.396 e. The van der Waals surface area contributed by atoms with Gasteiger partial charge in [-0.25, -0.2) is 0 Å². The summed E-state index contributed by atoms with van der Waals surface area (Å²) < 4.78 is 0. The lowest BCUT2D eigenvalue weighted by atomic mass is 9.72. The molecular weight excluding hydrogens is 668 g/mol. The van der Waals surface area contributed by atoms with E-state index in [-0.39, 0.29) is 30.6 Å². The molecule has 1 aliphatic carbocycles. The Labute approximate surface area is 319 Å². The summed E-state index contributed by atoms with van der Waals surface area (Å²) in [4.78, 5) is 49.0. The molecule has 10 nitrogen and oxygen atoms in total. The van der Waals surface area contributed by atoms with Gasteiger partial charge in [-0.3, -0.25) is 19.3 Å². The van der Waals surface area contributed by atoms with Gasteiger partial charge in [0.1, 0.15) is 6.79 Å². The predicted molar refractivity (Wildman–Crippen MR) is 215 cm³/mol. The van der Waals surface area contributed by atoms with Crippen molar-refractivity contribution >= 4 is 24.5 Å². The summed E-state index contributed by atoms with van der Waals surface area (Å²) in [5, 5.41) is 28.8. The van der Waals surface area contributed by atoms with Crippen LogP contribution in [0.1, 0.15) is 92.6 Å². The first-order valence-corrected chi connectivity index (χ1v) is 18.9. The van der Waals surface area contributed by atoms with E-state index in [4.69, 9.17) is 9.90 Å². The first-order chi connectivity index (χ1) is 25.0. The van der Waals surface area contributed by atoms with Gasteiger partial charge in [0.05, 0.1) is 24.7 Å². The first-order valence-electron chi connectivity index (χ1n) is 18.9. The van der Waals surface area contributed by atoms with Crippen molar-refractivity contribution in [3.05, 3.63) is 84.5 Å². The van der Waals surface area contributed by atoms with Crippen LogP contribution >= 0.6 is 0 Å². The fraction of sp³-hybridized carbons (Fsp3) is 0.581. The van der Waals surface area contributed by atoms with Gasteiger partial charge in [0.15, 0.2) is 0 Å². The molecule has 3 rings (SSSR count). The van der Waals surface area contributed by atoms with Crippen molar-refractivity contribution in [2.45, 2.75) is 117 Å². The topological polar surface area (TPSA) is 148 Å². The van der Waals surface area contributed by atoms with E-state index in [0.717, 1.165) is 43.4 Å². The summed E-state index contributed by atoms with van der Waals surface area (Å²) in [6.07, 6.45) is 16.0. The van der Waals surface area contributed by atoms with Crippen molar-refractivity contribution in [2.24, 2.45) is 17.3 Å². The fourth-order valence-electron chi connectivity index (χ4n) is 6.63. The zero-order chi connectivity index (χ0) is 40.0. The Balaban J connectivity index is 0.00000139. The zero-order valence-corrected chi connectivity index (χ0v) is 33.4. The van der Waals surface area contributed by atoms with Crippen LogP contribution in [0.4, 0.5) is 0 Å². The van der Waals surface area contributed by atoms with Crippen LogP contribution in [0.3, 0.4) is 0 Å². The van der Waals surface area contributed by atoms with Crippen LogP contribution in [0.2, 0.25) is 0 Å². The van der Waals surface area contributed by atoms with Crippen molar-refractivity contribution in [2.75, 3.05) is 26.2 Å². The lowest BCUT2D eigenvalue weighted by molar-refractivity contribution is -0.133. The SMILES string of the molecule is C=C/C=C(\C=C/C)/C=C/C(=O)NCC(=O)NC(Cc1ccccc1)C(O)CN1CC2CCCCC2CC1C(=O)NC(C)(C)C.C=O.CC(C)(C)CCO. The van der Waals surface area contributed by atoms with Crippen molar-refractivity contribution in [1.29, 1.82) is 0 Å². The molecule has 1 aromatic carbocycles. The van der Waals surface area contributed by atoms with Crippen molar-refractivity contribution in [3.8, 4) is 0 Å². The van der Waals surface area contributed by atoms with Crippen LogP contribution in [0.5, 0.6) is 0 Å². The van der Waals surface area contributed by atoms with Gasteiger partial charge in [-0.2, -0.15) is 0 Å². The van der Waals surface area contributed by atoms with E-state index < -0.39 is 24.0 Å². The van der Waals surface area contributed by atoms with Crippen molar-refractivity contribution < 1.29 is 29.4 Å². The Hall–Kier alpha value is -3.86. The number of allylic oxidation sites excluding steroid dienone is 6. The number of carbonyl (C=O) groups excluding carboxylic acids is 4. The number of piperidine rings is 1. The van der Waals surface area contributed by atoms with E-state index in [1.807, 2.05) is 77.0 Å². The predicted octanol–water partition coefficient (Wildman–Crippen LogP) is 5.46. The second-order valence-corrected chi connectivity index (χ2v) is 16.2. The summed E-state index contributed by atoms with van der Waals surface area (Å²) >= 11 is 0. The highest BCUT2D eigenvalue weighted by Gasteiger charge is 2.41. The van der Waals surface area contributed by atoms with Gasteiger partial charge in [-0.1, -0.05) is 101 Å². The van der Waals surface area contributed by atoms with Crippen LogP contribution in [0.25, 0.3) is 0 Å². The minimum absolute atomic E-state index is 0.00587. The van der Waals surface area contributed by atoms with Gasteiger partial charge in [0.25, 0.3) is 0 Å². The quantitative estimate of drug-likeness (QED) is 0.126. The number of nitrogens with zero attached hydrogens (tertiary/aromatic N) is 1. The number of carbonyl (C=O) groups is 4. The molecule has 1 saturated carbocycles. The third kappa shape index (κ3) is 19.7. The summed E-state index contributed by atoms with van der Waals surface area (Å²) in [5.41, 5.74) is 1.72. The van der Waals surface area contributed by atoms with E-state index in [0.29, 0.717) is 30.3 Å². The van der Waals surface area contributed by atoms with Gasteiger partial charge in [0.2, 0.25) is 17.7 Å². The number of likely N-dealkylation sites (tertiary alicyclic amines) is 1.